The Morgan fingerprint density at radius 3 is 2.48 bits per heavy atom. The second-order valence-corrected chi connectivity index (χ2v) is 6.88. The van der Waals surface area contributed by atoms with E-state index in [2.05, 4.69) is 5.32 Å². The van der Waals surface area contributed by atoms with Crippen molar-refractivity contribution in [3.63, 3.8) is 0 Å². The van der Waals surface area contributed by atoms with Crippen molar-refractivity contribution in [1.29, 1.82) is 0 Å². The highest BCUT2D eigenvalue weighted by molar-refractivity contribution is 5.85. The van der Waals surface area contributed by atoms with Crippen LogP contribution in [0.2, 0.25) is 0 Å². The van der Waals surface area contributed by atoms with Crippen LogP contribution in [0.4, 0.5) is 0 Å². The Morgan fingerprint density at radius 2 is 1.83 bits per heavy atom. The van der Waals surface area contributed by atoms with Crippen molar-refractivity contribution in [2.75, 3.05) is 13.1 Å². The van der Waals surface area contributed by atoms with Crippen LogP contribution in [-0.4, -0.2) is 46.9 Å². The third-order valence-electron chi connectivity index (χ3n) is 5.32. The highest BCUT2D eigenvalue weighted by Gasteiger charge is 2.35. The standard InChI is InChI=1S/C17H28N2O4/c1-12-14(17(22)23)7-4-10-19(12)16(21)11-18-15(20)9-8-13-5-2-3-6-13/h12-14H,2-11H2,1H3,(H,18,20)(H,22,23)/t12-,14-/m1/s1. The van der Waals surface area contributed by atoms with Crippen molar-refractivity contribution < 1.29 is 19.5 Å². The molecule has 1 aliphatic heterocycles. The summed E-state index contributed by atoms with van der Waals surface area (Å²) in [7, 11) is 0. The monoisotopic (exact) mass is 324 g/mol. The Bertz CT molecular complexity index is 446. The summed E-state index contributed by atoms with van der Waals surface area (Å²) in [6, 6.07) is -0.316. The first kappa shape index (κ1) is 17.8. The number of aliphatic carboxylic acids is 1. The molecule has 0 unspecified atom stereocenters. The molecule has 23 heavy (non-hydrogen) atoms. The second-order valence-electron chi connectivity index (χ2n) is 6.88. The quantitative estimate of drug-likeness (QED) is 0.780. The van der Waals surface area contributed by atoms with Crippen LogP contribution in [0.25, 0.3) is 0 Å². The van der Waals surface area contributed by atoms with Crippen LogP contribution in [0, 0.1) is 11.8 Å². The van der Waals surface area contributed by atoms with Crippen LogP contribution in [0.15, 0.2) is 0 Å². The van der Waals surface area contributed by atoms with Crippen molar-refractivity contribution in [3.05, 3.63) is 0 Å². The van der Waals surface area contributed by atoms with E-state index in [9.17, 15) is 19.5 Å². The summed E-state index contributed by atoms with van der Waals surface area (Å²) in [5.41, 5.74) is 0. The molecule has 2 aliphatic rings. The lowest BCUT2D eigenvalue weighted by Crippen LogP contribution is -2.51. The molecule has 2 fully saturated rings. The molecule has 0 radical (unpaired) electrons. The fraction of sp³-hybridized carbons (Fsp3) is 0.824. The summed E-state index contributed by atoms with van der Waals surface area (Å²) < 4.78 is 0. The number of carboxylic acids is 1. The molecule has 0 spiro atoms. The molecule has 1 saturated carbocycles. The average Bonchev–Trinajstić information content (AvgIpc) is 3.04. The van der Waals surface area contributed by atoms with E-state index in [-0.39, 0.29) is 24.4 Å². The van der Waals surface area contributed by atoms with Crippen LogP contribution < -0.4 is 5.32 Å². The number of carbonyl (C=O) groups is 3. The fourth-order valence-corrected chi connectivity index (χ4v) is 3.82. The smallest absolute Gasteiger partial charge is 0.308 e. The van der Waals surface area contributed by atoms with Gasteiger partial charge in [-0.1, -0.05) is 25.7 Å². The average molecular weight is 324 g/mol. The Morgan fingerprint density at radius 1 is 1.13 bits per heavy atom. The van der Waals surface area contributed by atoms with E-state index in [0.717, 1.165) is 6.42 Å². The van der Waals surface area contributed by atoms with Crippen molar-refractivity contribution in [3.8, 4) is 0 Å². The third kappa shape index (κ3) is 4.94. The van der Waals surface area contributed by atoms with Crippen molar-refractivity contribution in [2.45, 2.75) is 64.3 Å². The van der Waals surface area contributed by atoms with Crippen LogP contribution >= 0.6 is 0 Å². The lowest BCUT2D eigenvalue weighted by Gasteiger charge is -2.37. The minimum atomic E-state index is -0.851. The van der Waals surface area contributed by atoms with Gasteiger partial charge in [-0.25, -0.2) is 0 Å². The number of rotatable bonds is 6. The maximum absolute atomic E-state index is 12.3. The van der Waals surface area contributed by atoms with E-state index in [0.29, 0.717) is 31.7 Å². The normalized spacial score (nSPS) is 25.3. The Hall–Kier alpha value is -1.59. The first-order valence-corrected chi connectivity index (χ1v) is 8.78. The number of carboxylic acid groups (broad SMARTS) is 1. The zero-order valence-corrected chi connectivity index (χ0v) is 13.9. The minimum absolute atomic E-state index is 0.0276. The van der Waals surface area contributed by atoms with Gasteiger partial charge in [0.2, 0.25) is 11.8 Å². The van der Waals surface area contributed by atoms with Crippen molar-refractivity contribution in [2.24, 2.45) is 11.8 Å². The summed E-state index contributed by atoms with van der Waals surface area (Å²) in [6.45, 7) is 2.32. The number of carbonyl (C=O) groups excluding carboxylic acids is 2. The van der Waals surface area contributed by atoms with Gasteiger partial charge in [-0.05, 0) is 32.1 Å². The highest BCUT2D eigenvalue weighted by atomic mass is 16.4. The summed E-state index contributed by atoms with van der Waals surface area (Å²) >= 11 is 0. The van der Waals surface area contributed by atoms with Gasteiger partial charge in [0.15, 0.2) is 0 Å². The summed E-state index contributed by atoms with van der Waals surface area (Å²) in [6.07, 6.45) is 7.65. The van der Waals surface area contributed by atoms with E-state index in [1.54, 1.807) is 11.8 Å². The number of hydrogen-bond donors (Lipinski definition) is 2. The molecule has 1 heterocycles. The summed E-state index contributed by atoms with van der Waals surface area (Å²) in [5, 5.41) is 11.9. The Labute approximate surface area is 137 Å². The van der Waals surface area contributed by atoms with Gasteiger partial charge in [0, 0.05) is 19.0 Å². The minimum Gasteiger partial charge on any atom is -0.481 e. The number of nitrogens with one attached hydrogen (secondary N) is 1. The molecule has 1 aliphatic carbocycles. The lowest BCUT2D eigenvalue weighted by molar-refractivity contribution is -0.149. The first-order valence-electron chi connectivity index (χ1n) is 8.78. The van der Waals surface area contributed by atoms with E-state index >= 15 is 0 Å². The number of piperidine rings is 1. The third-order valence-corrected chi connectivity index (χ3v) is 5.32. The molecule has 2 N–H and O–H groups in total. The molecule has 2 atom stereocenters. The van der Waals surface area contributed by atoms with Gasteiger partial charge in [-0.2, -0.15) is 0 Å². The molecule has 6 heteroatoms. The van der Waals surface area contributed by atoms with Gasteiger partial charge in [0.05, 0.1) is 12.5 Å². The predicted molar refractivity (Wildman–Crippen MR) is 85.7 cm³/mol. The summed E-state index contributed by atoms with van der Waals surface area (Å²) in [5.74, 6) is -0.960. The van der Waals surface area contributed by atoms with E-state index < -0.39 is 11.9 Å². The van der Waals surface area contributed by atoms with Crippen LogP contribution in [0.3, 0.4) is 0 Å². The fourth-order valence-electron chi connectivity index (χ4n) is 3.82. The maximum atomic E-state index is 12.3. The topological polar surface area (TPSA) is 86.7 Å². The van der Waals surface area contributed by atoms with Crippen LogP contribution in [0.5, 0.6) is 0 Å². The predicted octanol–water partition coefficient (Wildman–Crippen LogP) is 1.78. The lowest BCUT2D eigenvalue weighted by atomic mass is 9.90. The molecule has 2 amide bonds. The largest absolute Gasteiger partial charge is 0.481 e. The molecule has 6 nitrogen and oxygen atoms in total. The van der Waals surface area contributed by atoms with E-state index in [1.165, 1.54) is 25.7 Å². The molecular weight excluding hydrogens is 296 g/mol. The molecule has 1 saturated heterocycles. The highest BCUT2D eigenvalue weighted by Crippen LogP contribution is 2.28. The molecule has 0 aromatic carbocycles. The van der Waals surface area contributed by atoms with E-state index in [1.807, 2.05) is 0 Å². The maximum Gasteiger partial charge on any atom is 0.308 e. The SMILES string of the molecule is C[C@@H]1[C@H](C(=O)O)CCCN1C(=O)CNC(=O)CCC1CCCC1. The zero-order valence-electron chi connectivity index (χ0n) is 13.9. The Kier molecular flexibility index (Phi) is 6.42. The molecule has 0 bridgehead atoms. The molecule has 2 rings (SSSR count). The second kappa shape index (κ2) is 8.31. The van der Waals surface area contributed by atoms with Crippen molar-refractivity contribution >= 4 is 17.8 Å². The molecular formula is C17H28N2O4. The summed E-state index contributed by atoms with van der Waals surface area (Å²) in [4.78, 5) is 36.9. The van der Waals surface area contributed by atoms with Crippen LogP contribution in [-0.2, 0) is 14.4 Å². The molecule has 0 aromatic rings. The molecule has 0 aromatic heterocycles. The van der Waals surface area contributed by atoms with Gasteiger partial charge in [0.25, 0.3) is 0 Å². The van der Waals surface area contributed by atoms with Gasteiger partial charge >= 0.3 is 5.97 Å². The number of nitrogens with zero attached hydrogens (tertiary/aromatic N) is 1. The van der Waals surface area contributed by atoms with Gasteiger partial charge < -0.3 is 15.3 Å². The number of amides is 2. The zero-order chi connectivity index (χ0) is 16.8. The number of hydrogen-bond acceptors (Lipinski definition) is 3. The Balaban J connectivity index is 1.72. The van der Waals surface area contributed by atoms with Crippen LogP contribution in [0.1, 0.15) is 58.3 Å². The van der Waals surface area contributed by atoms with Gasteiger partial charge in [-0.3, -0.25) is 14.4 Å². The first-order chi connectivity index (χ1) is 11.0. The number of likely N-dealkylation sites (tertiary alicyclic amines) is 1. The van der Waals surface area contributed by atoms with Gasteiger partial charge in [-0.15, -0.1) is 0 Å². The molecule has 130 valence electrons. The van der Waals surface area contributed by atoms with E-state index in [4.69, 9.17) is 0 Å². The van der Waals surface area contributed by atoms with Crippen molar-refractivity contribution in [1.82, 2.24) is 10.2 Å². The van der Waals surface area contributed by atoms with Gasteiger partial charge in [0.1, 0.15) is 0 Å².